The van der Waals surface area contributed by atoms with Gasteiger partial charge in [0, 0.05) is 78.0 Å². The molecule has 1 N–H and O–H groups in total. The number of aromatic nitrogens is 3. The van der Waals surface area contributed by atoms with Gasteiger partial charge in [0.25, 0.3) is 0 Å². The van der Waals surface area contributed by atoms with Gasteiger partial charge in [-0.1, -0.05) is 108 Å². The number of aromatic hydroxyl groups is 1. The summed E-state index contributed by atoms with van der Waals surface area (Å²) in [5.74, 6) is 0.186. The maximum Gasteiger partial charge on any atom is 0.136 e. The summed E-state index contributed by atoms with van der Waals surface area (Å²) in [6, 6.07) is 59.1. The number of para-hydroxylation sites is 3. The van der Waals surface area contributed by atoms with Gasteiger partial charge >= 0.3 is 0 Å². The van der Waals surface area contributed by atoms with Gasteiger partial charge in [0.1, 0.15) is 16.9 Å². The number of rotatable bonds is 6. The SMILES string of the molecule is Cc1cc(-c2c(-c3ccc4c(c3)oc3ccccc34)c3ccccc3n2C)cc(-c2[c-]c(-c3cc(-c4ccccc4)cc(-c4ccccc4O)n3)ccc2)n1.[Pt]. The predicted octanol–water partition coefficient (Wildman–Crippen LogP) is 12.7. The fourth-order valence-electron chi connectivity index (χ4n) is 7.91. The molecule has 0 atom stereocenters. The maximum absolute atomic E-state index is 10.8. The van der Waals surface area contributed by atoms with Crippen LogP contribution in [-0.2, 0) is 28.1 Å². The van der Waals surface area contributed by atoms with Crippen LogP contribution in [0.5, 0.6) is 5.75 Å². The Labute approximate surface area is 338 Å². The molecule has 10 rings (SSSR count). The average Bonchev–Trinajstić information content (AvgIpc) is 3.75. The fourth-order valence-corrected chi connectivity index (χ4v) is 7.91. The molecule has 0 fully saturated rings. The van der Waals surface area contributed by atoms with E-state index in [1.165, 1.54) is 5.39 Å². The third-order valence-corrected chi connectivity index (χ3v) is 10.5. The summed E-state index contributed by atoms with van der Waals surface area (Å²) < 4.78 is 8.64. The van der Waals surface area contributed by atoms with E-state index < -0.39 is 0 Å². The fraction of sp³-hybridized carbons (Fsp3) is 0.0400. The van der Waals surface area contributed by atoms with Crippen molar-refractivity contribution >= 4 is 32.8 Å². The zero-order valence-corrected chi connectivity index (χ0v) is 32.9. The molecule has 5 nitrogen and oxygen atoms in total. The predicted molar refractivity (Wildman–Crippen MR) is 224 cm³/mol. The first-order valence-electron chi connectivity index (χ1n) is 18.4. The summed E-state index contributed by atoms with van der Waals surface area (Å²) in [5, 5.41) is 14.2. The van der Waals surface area contributed by atoms with Crippen LogP contribution in [0.15, 0.2) is 168 Å². The molecule has 0 spiro atoms. The van der Waals surface area contributed by atoms with E-state index in [1.54, 1.807) is 6.07 Å². The first-order chi connectivity index (χ1) is 27.0. The van der Waals surface area contributed by atoms with Crippen molar-refractivity contribution < 1.29 is 30.6 Å². The van der Waals surface area contributed by atoms with E-state index in [1.807, 2.05) is 73.7 Å². The Balaban J connectivity index is 0.00000410. The van der Waals surface area contributed by atoms with Crippen LogP contribution >= 0.6 is 0 Å². The minimum Gasteiger partial charge on any atom is -0.507 e. The summed E-state index contributed by atoms with van der Waals surface area (Å²) in [7, 11) is 2.14. The number of phenols is 1. The van der Waals surface area contributed by atoms with Crippen LogP contribution in [0.1, 0.15) is 5.69 Å². The number of nitrogens with zero attached hydrogens (tertiary/aromatic N) is 3. The Bertz CT molecular complexity index is 3090. The molecule has 6 heteroatoms. The van der Waals surface area contributed by atoms with Gasteiger partial charge in [-0.2, -0.15) is 0 Å². The molecule has 0 aliphatic carbocycles. The Kier molecular flexibility index (Phi) is 8.96. The van der Waals surface area contributed by atoms with Crippen LogP contribution in [0, 0.1) is 13.0 Å². The van der Waals surface area contributed by atoms with Gasteiger partial charge in [0.05, 0.1) is 11.4 Å². The van der Waals surface area contributed by atoms with E-state index in [4.69, 9.17) is 14.4 Å². The normalized spacial score (nSPS) is 11.3. The second-order valence-electron chi connectivity index (χ2n) is 14.0. The Morgan fingerprint density at radius 3 is 2.02 bits per heavy atom. The number of fused-ring (bicyclic) bond motifs is 4. The number of aryl methyl sites for hydroxylation is 2. The van der Waals surface area contributed by atoms with Crippen LogP contribution in [0.3, 0.4) is 0 Å². The minimum atomic E-state index is 0. The van der Waals surface area contributed by atoms with E-state index in [-0.39, 0.29) is 26.8 Å². The second-order valence-corrected chi connectivity index (χ2v) is 14.0. The quantitative estimate of drug-likeness (QED) is 0.169. The number of furan rings is 1. The van der Waals surface area contributed by atoms with Crippen molar-refractivity contribution in [2.24, 2.45) is 7.05 Å². The molecule has 0 saturated carbocycles. The molecular weight excluding hydrogens is 870 g/mol. The summed E-state index contributed by atoms with van der Waals surface area (Å²) >= 11 is 0. The van der Waals surface area contributed by atoms with Crippen molar-refractivity contribution in [3.63, 3.8) is 0 Å². The van der Waals surface area contributed by atoms with Crippen molar-refractivity contribution in [1.82, 2.24) is 14.5 Å². The van der Waals surface area contributed by atoms with E-state index in [9.17, 15) is 5.11 Å². The number of phenolic OH excluding ortho intramolecular Hbond substituents is 1. The third kappa shape index (κ3) is 6.11. The first kappa shape index (κ1) is 35.2. The van der Waals surface area contributed by atoms with Crippen molar-refractivity contribution in [2.45, 2.75) is 6.92 Å². The molecule has 6 aromatic carbocycles. The smallest absolute Gasteiger partial charge is 0.136 e. The third-order valence-electron chi connectivity index (χ3n) is 10.5. The molecule has 0 radical (unpaired) electrons. The largest absolute Gasteiger partial charge is 0.507 e. The van der Waals surface area contributed by atoms with Crippen molar-refractivity contribution in [3.05, 3.63) is 176 Å². The van der Waals surface area contributed by atoms with E-state index in [0.717, 1.165) is 89.2 Å². The van der Waals surface area contributed by atoms with Crippen molar-refractivity contribution in [2.75, 3.05) is 0 Å². The molecule has 4 aromatic heterocycles. The van der Waals surface area contributed by atoms with Gasteiger partial charge in [-0.15, -0.1) is 24.3 Å². The number of hydrogen-bond donors (Lipinski definition) is 1. The van der Waals surface area contributed by atoms with E-state index >= 15 is 0 Å². The van der Waals surface area contributed by atoms with Gasteiger partial charge in [0.2, 0.25) is 0 Å². The summed E-state index contributed by atoms with van der Waals surface area (Å²) in [6.07, 6.45) is 0. The maximum atomic E-state index is 10.8. The van der Waals surface area contributed by atoms with Crippen LogP contribution < -0.4 is 0 Å². The van der Waals surface area contributed by atoms with Crippen LogP contribution in [0.25, 0.3) is 100 Å². The number of pyridine rings is 2. The molecule has 0 bridgehead atoms. The monoisotopic (exact) mass is 903 g/mol. The van der Waals surface area contributed by atoms with Gasteiger partial charge in [-0.25, -0.2) is 0 Å². The Morgan fingerprint density at radius 2 is 1.20 bits per heavy atom. The summed E-state index contributed by atoms with van der Waals surface area (Å²) in [6.45, 7) is 2.04. The zero-order chi connectivity index (χ0) is 37.0. The summed E-state index contributed by atoms with van der Waals surface area (Å²) in [4.78, 5) is 10.1. The Morgan fingerprint density at radius 1 is 0.536 bits per heavy atom. The number of hydrogen-bond acceptors (Lipinski definition) is 4. The molecular formula is C50H34N3O2Pt-. The standard InChI is InChI=1S/C50H34N3O2.Pt/c1-31-25-37(50-49(41-19-6-9-20-45(41)53(50)2)35-23-24-39-38-17-8-11-22-47(38)55-48(39)30-35)29-42(51-31)33-15-12-16-34(26-33)43-27-36(32-13-4-3-5-14-32)28-44(52-43)40-18-7-10-21-46(40)54;/h3-25,27-30,54H,1-2H3;/q-1;. The molecule has 0 aliphatic rings. The van der Waals surface area contributed by atoms with E-state index in [0.29, 0.717) is 11.3 Å². The van der Waals surface area contributed by atoms with Crippen LogP contribution in [0.2, 0.25) is 0 Å². The van der Waals surface area contributed by atoms with E-state index in [2.05, 4.69) is 109 Å². The van der Waals surface area contributed by atoms with Crippen molar-refractivity contribution in [3.8, 4) is 73.0 Å². The van der Waals surface area contributed by atoms with Gasteiger partial charge in [0.15, 0.2) is 0 Å². The summed E-state index contributed by atoms with van der Waals surface area (Å²) in [5.41, 5.74) is 14.9. The van der Waals surface area contributed by atoms with Gasteiger partial charge in [-0.05, 0) is 77.7 Å². The van der Waals surface area contributed by atoms with Gasteiger partial charge in [-0.3, -0.25) is 9.97 Å². The van der Waals surface area contributed by atoms with Gasteiger partial charge < -0.3 is 14.1 Å². The molecule has 56 heavy (non-hydrogen) atoms. The molecule has 10 aromatic rings. The zero-order valence-electron chi connectivity index (χ0n) is 30.6. The number of benzene rings is 6. The molecule has 0 unspecified atom stereocenters. The molecule has 0 aliphatic heterocycles. The molecule has 4 heterocycles. The molecule has 0 amide bonds. The topological polar surface area (TPSA) is 64.1 Å². The Hall–Kier alpha value is -6.55. The van der Waals surface area contributed by atoms with Crippen LogP contribution in [0.4, 0.5) is 0 Å². The average molecular weight is 904 g/mol. The molecule has 0 saturated heterocycles. The van der Waals surface area contributed by atoms with Crippen LogP contribution in [-0.4, -0.2) is 19.6 Å². The minimum absolute atomic E-state index is 0. The molecule has 272 valence electrons. The second kappa shape index (κ2) is 14.3. The van der Waals surface area contributed by atoms with Crippen molar-refractivity contribution in [1.29, 1.82) is 0 Å². The first-order valence-corrected chi connectivity index (χ1v) is 18.4.